The molecule has 0 unspecified atom stereocenters. The molecule has 15 heteroatoms. The molecule has 0 aliphatic carbocycles. The quantitative estimate of drug-likeness (QED) is 0.131. The Kier molecular flexibility index (Phi) is 17.8. The van der Waals surface area contributed by atoms with Crippen LogP contribution in [0.25, 0.3) is 0 Å². The third-order valence-corrected chi connectivity index (χ3v) is 5.37. The molecule has 0 spiro atoms. The van der Waals surface area contributed by atoms with E-state index in [0.717, 1.165) is 0 Å². The van der Waals surface area contributed by atoms with Crippen molar-refractivity contribution < 1.29 is 48.8 Å². The summed E-state index contributed by atoms with van der Waals surface area (Å²) in [5.74, 6) is -4.03. The first-order valence-corrected chi connectivity index (χ1v) is 11.7. The lowest BCUT2D eigenvalue weighted by Crippen LogP contribution is -2.47. The topological polar surface area (TPSA) is 181 Å². The highest BCUT2D eigenvalue weighted by Crippen LogP contribution is 2.00. The summed E-state index contributed by atoms with van der Waals surface area (Å²) in [6.07, 6.45) is 0. The third kappa shape index (κ3) is 17.3. The summed E-state index contributed by atoms with van der Waals surface area (Å²) in [6, 6.07) is 0. The highest BCUT2D eigenvalue weighted by atomic mass is 16.5. The van der Waals surface area contributed by atoms with Gasteiger partial charge in [-0.1, -0.05) is 0 Å². The maximum absolute atomic E-state index is 12.4. The Labute approximate surface area is 217 Å². The van der Waals surface area contributed by atoms with Gasteiger partial charge in [-0.2, -0.15) is 0 Å². The number of rotatable bonds is 22. The maximum Gasteiger partial charge on any atom is 0.317 e. The molecule has 15 nitrogen and oxygen atoms in total. The second kappa shape index (κ2) is 19.3. The normalized spacial score (nSPS) is 11.2. The Bertz CT molecular complexity index is 687. The summed E-state index contributed by atoms with van der Waals surface area (Å²) in [6.45, 7) is 0.122. The average Bonchev–Trinajstić information content (AvgIpc) is 2.80. The van der Waals surface area contributed by atoms with E-state index < -0.39 is 31.0 Å². The van der Waals surface area contributed by atoms with E-state index in [1.165, 1.54) is 38.7 Å². The highest BCUT2D eigenvalue weighted by molar-refractivity contribution is 5.79. The van der Waals surface area contributed by atoms with E-state index in [0.29, 0.717) is 26.3 Å². The number of methoxy groups -OCH3 is 2. The number of carbonyl (C=O) groups is 5. The summed E-state index contributed by atoms with van der Waals surface area (Å²) in [5, 5.41) is 27.8. The van der Waals surface area contributed by atoms with E-state index in [2.05, 4.69) is 0 Å². The number of nitrogens with zero attached hydrogens (tertiary/aromatic N) is 5. The van der Waals surface area contributed by atoms with Crippen LogP contribution >= 0.6 is 0 Å². The molecule has 0 heterocycles. The maximum atomic E-state index is 12.4. The number of carbonyl (C=O) groups excluding carboxylic acids is 2. The first-order chi connectivity index (χ1) is 17.4. The second-order valence-electron chi connectivity index (χ2n) is 8.49. The average molecular weight is 536 g/mol. The van der Waals surface area contributed by atoms with Gasteiger partial charge in [-0.3, -0.25) is 38.7 Å². The van der Waals surface area contributed by atoms with Gasteiger partial charge in [-0.05, 0) is 0 Å². The van der Waals surface area contributed by atoms with Gasteiger partial charge in [0.25, 0.3) is 0 Å². The van der Waals surface area contributed by atoms with Crippen LogP contribution in [0.2, 0.25) is 0 Å². The number of amides is 2. The zero-order valence-corrected chi connectivity index (χ0v) is 22.1. The summed E-state index contributed by atoms with van der Waals surface area (Å²) >= 11 is 0. The SMILES string of the molecule is COCCN(C)C(=O)CN(CCN(CCN(CC(=O)O)CC(=O)N(C)CCOC)CC(=O)O)CC(=O)O. The van der Waals surface area contributed by atoms with Gasteiger partial charge in [0.1, 0.15) is 0 Å². The fourth-order valence-electron chi connectivity index (χ4n) is 3.17. The summed E-state index contributed by atoms with van der Waals surface area (Å²) in [4.78, 5) is 66.0. The van der Waals surface area contributed by atoms with Crippen molar-refractivity contribution in [1.29, 1.82) is 0 Å². The van der Waals surface area contributed by atoms with Crippen LogP contribution in [0.15, 0.2) is 0 Å². The van der Waals surface area contributed by atoms with Crippen molar-refractivity contribution in [3.05, 3.63) is 0 Å². The largest absolute Gasteiger partial charge is 0.480 e. The molecule has 0 radical (unpaired) electrons. The minimum atomic E-state index is -1.14. The van der Waals surface area contributed by atoms with Crippen molar-refractivity contribution in [3.8, 4) is 0 Å². The molecule has 0 aromatic rings. The monoisotopic (exact) mass is 535 g/mol. The van der Waals surface area contributed by atoms with Crippen LogP contribution in [0, 0.1) is 0 Å². The van der Waals surface area contributed by atoms with E-state index in [4.69, 9.17) is 9.47 Å². The Hall–Kier alpha value is -2.85. The van der Waals surface area contributed by atoms with Crippen molar-refractivity contribution in [2.75, 3.05) is 114 Å². The van der Waals surface area contributed by atoms with Crippen LogP contribution in [0.4, 0.5) is 0 Å². The molecule has 0 fully saturated rings. The van der Waals surface area contributed by atoms with Gasteiger partial charge < -0.3 is 34.6 Å². The van der Waals surface area contributed by atoms with Crippen molar-refractivity contribution in [2.45, 2.75) is 0 Å². The molecule has 0 rings (SSSR count). The lowest BCUT2D eigenvalue weighted by atomic mass is 10.3. The number of likely N-dealkylation sites (N-methyl/N-ethyl adjacent to an activating group) is 2. The number of aliphatic carboxylic acids is 3. The Morgan fingerprint density at radius 2 is 0.811 bits per heavy atom. The van der Waals surface area contributed by atoms with E-state index in [-0.39, 0.29) is 57.6 Å². The van der Waals surface area contributed by atoms with Gasteiger partial charge in [0, 0.05) is 67.6 Å². The summed E-state index contributed by atoms with van der Waals surface area (Å²) in [5.41, 5.74) is 0. The Morgan fingerprint density at radius 3 is 1.11 bits per heavy atom. The fourth-order valence-corrected chi connectivity index (χ4v) is 3.17. The lowest BCUT2D eigenvalue weighted by Gasteiger charge is -2.29. The highest BCUT2D eigenvalue weighted by Gasteiger charge is 2.21. The Morgan fingerprint density at radius 1 is 0.514 bits per heavy atom. The molecule has 2 amide bonds. The first-order valence-electron chi connectivity index (χ1n) is 11.7. The molecule has 0 atom stereocenters. The van der Waals surface area contributed by atoms with Gasteiger partial charge in [0.15, 0.2) is 0 Å². The molecule has 37 heavy (non-hydrogen) atoms. The van der Waals surface area contributed by atoms with Crippen LogP contribution in [0.3, 0.4) is 0 Å². The van der Waals surface area contributed by atoms with Gasteiger partial charge in [0.05, 0.1) is 45.9 Å². The molecule has 214 valence electrons. The van der Waals surface area contributed by atoms with E-state index in [1.54, 1.807) is 14.1 Å². The van der Waals surface area contributed by atoms with Crippen molar-refractivity contribution >= 4 is 29.7 Å². The predicted octanol–water partition coefficient (Wildman–Crippen LogP) is -2.64. The zero-order valence-electron chi connectivity index (χ0n) is 22.1. The standard InChI is InChI=1S/C22H41N5O10/c1-23(9-11-36-3)18(28)13-26(16-21(32)33)7-5-25(15-20(30)31)6-8-27(17-22(34)35)14-19(29)24(2)10-12-37-4/h5-17H2,1-4H3,(H,30,31)(H,32,33)(H,34,35). The van der Waals surface area contributed by atoms with Crippen molar-refractivity contribution in [3.63, 3.8) is 0 Å². The molecule has 0 aromatic carbocycles. The molecule has 0 saturated heterocycles. The summed E-state index contributed by atoms with van der Waals surface area (Å²) < 4.78 is 9.88. The number of carboxylic acid groups (broad SMARTS) is 3. The van der Waals surface area contributed by atoms with Gasteiger partial charge in [-0.15, -0.1) is 0 Å². The van der Waals surface area contributed by atoms with Crippen LogP contribution < -0.4 is 0 Å². The number of carboxylic acids is 3. The van der Waals surface area contributed by atoms with Crippen molar-refractivity contribution in [2.24, 2.45) is 0 Å². The first kappa shape index (κ1) is 34.1. The Balaban J connectivity index is 5.20. The van der Waals surface area contributed by atoms with Crippen molar-refractivity contribution in [1.82, 2.24) is 24.5 Å². The summed E-state index contributed by atoms with van der Waals surface area (Å²) in [7, 11) is 6.14. The van der Waals surface area contributed by atoms with Crippen LogP contribution in [-0.2, 0) is 33.4 Å². The van der Waals surface area contributed by atoms with E-state index >= 15 is 0 Å². The smallest absolute Gasteiger partial charge is 0.317 e. The minimum absolute atomic E-state index is 0.0844. The molecule has 0 aliphatic rings. The van der Waals surface area contributed by atoms with Gasteiger partial charge in [0.2, 0.25) is 11.8 Å². The van der Waals surface area contributed by atoms with Crippen LogP contribution in [0.1, 0.15) is 0 Å². The van der Waals surface area contributed by atoms with Crippen LogP contribution in [0.5, 0.6) is 0 Å². The molecule has 3 N–H and O–H groups in total. The van der Waals surface area contributed by atoms with Crippen LogP contribution in [-0.4, -0.2) is 183 Å². The fraction of sp³-hybridized carbons (Fsp3) is 0.773. The number of hydrogen-bond donors (Lipinski definition) is 3. The predicted molar refractivity (Wildman–Crippen MR) is 131 cm³/mol. The number of ether oxygens (including phenoxy) is 2. The molecule has 0 aliphatic heterocycles. The minimum Gasteiger partial charge on any atom is -0.480 e. The van der Waals surface area contributed by atoms with E-state index in [1.807, 2.05) is 0 Å². The van der Waals surface area contributed by atoms with E-state index in [9.17, 15) is 39.3 Å². The zero-order chi connectivity index (χ0) is 28.4. The molecule has 0 bridgehead atoms. The van der Waals surface area contributed by atoms with Gasteiger partial charge in [-0.25, -0.2) is 0 Å². The molecular weight excluding hydrogens is 494 g/mol. The third-order valence-electron chi connectivity index (χ3n) is 5.37. The molecule has 0 aromatic heterocycles. The number of hydrogen-bond acceptors (Lipinski definition) is 10. The molecular formula is C22H41N5O10. The second-order valence-corrected chi connectivity index (χ2v) is 8.49. The van der Waals surface area contributed by atoms with Gasteiger partial charge >= 0.3 is 17.9 Å². The lowest BCUT2D eigenvalue weighted by molar-refractivity contribution is -0.141. The molecule has 0 saturated carbocycles.